The third-order valence-corrected chi connectivity index (χ3v) is 5.45. The summed E-state index contributed by atoms with van der Waals surface area (Å²) in [5.74, 6) is 6.00. The molecule has 2 aromatic rings. The summed E-state index contributed by atoms with van der Waals surface area (Å²) < 4.78 is 27.3. The molecule has 2 rings (SSSR count). The van der Waals surface area contributed by atoms with Crippen molar-refractivity contribution in [1.82, 2.24) is 4.31 Å². The van der Waals surface area contributed by atoms with Crippen LogP contribution in [0.1, 0.15) is 25.0 Å². The molecule has 0 spiro atoms. The molecule has 0 bridgehead atoms. The van der Waals surface area contributed by atoms with E-state index >= 15 is 0 Å². The Labute approximate surface area is 151 Å². The van der Waals surface area contributed by atoms with Gasteiger partial charge >= 0.3 is 0 Å². The standard InChI is InChI=1S/C21H23NO2S/c1-18(2)15-17-22(16-7-10-20-8-5-4-6-9-20)25(23,24)21-13-11-19(3)12-14-21/h4-6,8-9,11-15H,16-17H2,1-3H3. The average molecular weight is 353 g/mol. The summed E-state index contributed by atoms with van der Waals surface area (Å²) in [5, 5.41) is 0. The molecular formula is C21H23NO2S. The highest BCUT2D eigenvalue weighted by molar-refractivity contribution is 7.89. The fourth-order valence-electron chi connectivity index (χ4n) is 2.14. The van der Waals surface area contributed by atoms with Crippen LogP contribution in [0.3, 0.4) is 0 Å². The molecule has 25 heavy (non-hydrogen) atoms. The maximum absolute atomic E-state index is 12.9. The predicted molar refractivity (Wildman–Crippen MR) is 103 cm³/mol. The van der Waals surface area contributed by atoms with Crippen molar-refractivity contribution in [2.24, 2.45) is 0 Å². The maximum atomic E-state index is 12.9. The van der Waals surface area contributed by atoms with Gasteiger partial charge in [0, 0.05) is 12.1 Å². The first kappa shape index (κ1) is 19.0. The Morgan fingerprint density at radius 2 is 1.68 bits per heavy atom. The lowest BCUT2D eigenvalue weighted by atomic mass is 10.2. The number of rotatable bonds is 5. The molecule has 0 saturated carbocycles. The Balaban J connectivity index is 2.27. The van der Waals surface area contributed by atoms with Crippen molar-refractivity contribution in [3.8, 4) is 11.8 Å². The second-order valence-electron chi connectivity index (χ2n) is 6.06. The van der Waals surface area contributed by atoms with Crippen molar-refractivity contribution in [3.63, 3.8) is 0 Å². The number of allylic oxidation sites excluding steroid dienone is 1. The van der Waals surface area contributed by atoms with Crippen LogP contribution in [-0.2, 0) is 10.0 Å². The van der Waals surface area contributed by atoms with Gasteiger partial charge < -0.3 is 0 Å². The Hall–Kier alpha value is -2.35. The molecule has 0 fully saturated rings. The van der Waals surface area contributed by atoms with E-state index in [9.17, 15) is 8.42 Å². The van der Waals surface area contributed by atoms with Crippen molar-refractivity contribution < 1.29 is 8.42 Å². The normalized spacial score (nSPS) is 10.9. The first-order chi connectivity index (χ1) is 11.9. The highest BCUT2D eigenvalue weighted by Crippen LogP contribution is 2.16. The van der Waals surface area contributed by atoms with Gasteiger partial charge in [-0.3, -0.25) is 0 Å². The first-order valence-corrected chi connectivity index (χ1v) is 9.58. The van der Waals surface area contributed by atoms with Gasteiger partial charge in [0.15, 0.2) is 0 Å². The van der Waals surface area contributed by atoms with E-state index in [0.29, 0.717) is 11.4 Å². The minimum Gasteiger partial charge on any atom is -0.207 e. The number of aryl methyl sites for hydroxylation is 1. The number of sulfonamides is 1. The molecule has 0 saturated heterocycles. The monoisotopic (exact) mass is 353 g/mol. The molecule has 2 aromatic carbocycles. The van der Waals surface area contributed by atoms with Crippen molar-refractivity contribution in [2.75, 3.05) is 13.1 Å². The van der Waals surface area contributed by atoms with Crippen LogP contribution in [0, 0.1) is 18.8 Å². The van der Waals surface area contributed by atoms with Crippen LogP contribution in [-0.4, -0.2) is 25.8 Å². The summed E-state index contributed by atoms with van der Waals surface area (Å²) >= 11 is 0. The summed E-state index contributed by atoms with van der Waals surface area (Å²) in [5.41, 5.74) is 2.97. The van der Waals surface area contributed by atoms with Crippen molar-refractivity contribution in [3.05, 3.63) is 77.4 Å². The number of hydrogen-bond acceptors (Lipinski definition) is 2. The summed E-state index contributed by atoms with van der Waals surface area (Å²) in [6, 6.07) is 16.5. The molecule has 0 aliphatic rings. The number of hydrogen-bond donors (Lipinski definition) is 0. The van der Waals surface area contributed by atoms with E-state index in [4.69, 9.17) is 0 Å². The molecule has 3 nitrogen and oxygen atoms in total. The third-order valence-electron chi connectivity index (χ3n) is 3.62. The van der Waals surface area contributed by atoms with Gasteiger partial charge in [0.05, 0.1) is 11.4 Å². The van der Waals surface area contributed by atoms with Gasteiger partial charge in [0.1, 0.15) is 0 Å². The molecule has 0 aliphatic heterocycles. The van der Waals surface area contributed by atoms with Crippen LogP contribution < -0.4 is 0 Å². The van der Waals surface area contributed by atoms with Gasteiger partial charge in [-0.05, 0) is 45.0 Å². The highest BCUT2D eigenvalue weighted by atomic mass is 32.2. The predicted octanol–water partition coefficient (Wildman–Crippen LogP) is 4.00. The van der Waals surface area contributed by atoms with Crippen molar-refractivity contribution >= 4 is 10.0 Å². The smallest absolute Gasteiger partial charge is 0.207 e. The van der Waals surface area contributed by atoms with E-state index in [2.05, 4.69) is 11.8 Å². The van der Waals surface area contributed by atoms with E-state index < -0.39 is 10.0 Å². The van der Waals surface area contributed by atoms with E-state index in [1.54, 1.807) is 12.1 Å². The van der Waals surface area contributed by atoms with Crippen LogP contribution in [0.4, 0.5) is 0 Å². The van der Waals surface area contributed by atoms with Crippen molar-refractivity contribution in [1.29, 1.82) is 0 Å². The Morgan fingerprint density at radius 3 is 2.28 bits per heavy atom. The van der Waals surface area contributed by atoms with Gasteiger partial charge in [-0.15, -0.1) is 0 Å². The Bertz CT molecular complexity index is 882. The SMILES string of the molecule is CC(C)=CCN(CC#Cc1ccccc1)S(=O)(=O)c1ccc(C)cc1. The van der Waals surface area contributed by atoms with Gasteiger partial charge in [0.25, 0.3) is 0 Å². The lowest BCUT2D eigenvalue weighted by Crippen LogP contribution is -2.32. The summed E-state index contributed by atoms with van der Waals surface area (Å²) in [7, 11) is -3.58. The zero-order chi connectivity index (χ0) is 18.3. The molecule has 0 amide bonds. The molecule has 0 unspecified atom stereocenters. The molecule has 0 aromatic heterocycles. The van der Waals surface area contributed by atoms with Gasteiger partial charge in [-0.25, -0.2) is 8.42 Å². The molecule has 0 atom stereocenters. The van der Waals surface area contributed by atoms with Crippen LogP contribution >= 0.6 is 0 Å². The number of nitrogens with zero attached hydrogens (tertiary/aromatic N) is 1. The van der Waals surface area contributed by atoms with E-state index in [0.717, 1.165) is 16.7 Å². The molecule has 0 N–H and O–H groups in total. The summed E-state index contributed by atoms with van der Waals surface area (Å²) in [6.45, 7) is 6.29. The summed E-state index contributed by atoms with van der Waals surface area (Å²) in [6.07, 6.45) is 1.90. The topological polar surface area (TPSA) is 37.4 Å². The Morgan fingerprint density at radius 1 is 1.04 bits per heavy atom. The molecule has 130 valence electrons. The molecular weight excluding hydrogens is 330 g/mol. The molecule has 0 radical (unpaired) electrons. The maximum Gasteiger partial charge on any atom is 0.244 e. The zero-order valence-corrected chi connectivity index (χ0v) is 15.7. The van der Waals surface area contributed by atoms with Gasteiger partial charge in [-0.2, -0.15) is 4.31 Å². The minimum absolute atomic E-state index is 0.148. The van der Waals surface area contributed by atoms with Gasteiger partial charge in [-0.1, -0.05) is 59.4 Å². The third kappa shape index (κ3) is 5.60. The highest BCUT2D eigenvalue weighted by Gasteiger charge is 2.22. The lowest BCUT2D eigenvalue weighted by Gasteiger charge is -2.18. The van der Waals surface area contributed by atoms with Gasteiger partial charge in [0.2, 0.25) is 10.0 Å². The largest absolute Gasteiger partial charge is 0.244 e. The Kier molecular flexibility index (Phi) is 6.58. The summed E-state index contributed by atoms with van der Waals surface area (Å²) in [4.78, 5) is 0.293. The fraction of sp³-hybridized carbons (Fsp3) is 0.238. The van der Waals surface area contributed by atoms with E-state index in [1.807, 2.05) is 69.3 Å². The number of benzene rings is 2. The zero-order valence-electron chi connectivity index (χ0n) is 14.9. The molecule has 0 heterocycles. The molecule has 4 heteroatoms. The minimum atomic E-state index is -3.58. The van der Waals surface area contributed by atoms with Crippen LogP contribution in [0.25, 0.3) is 0 Å². The fourth-order valence-corrected chi connectivity index (χ4v) is 3.43. The van der Waals surface area contributed by atoms with Crippen molar-refractivity contribution in [2.45, 2.75) is 25.7 Å². The first-order valence-electron chi connectivity index (χ1n) is 8.14. The van der Waals surface area contributed by atoms with Crippen LogP contribution in [0.15, 0.2) is 71.1 Å². The van der Waals surface area contributed by atoms with Crippen LogP contribution in [0.5, 0.6) is 0 Å². The van der Waals surface area contributed by atoms with E-state index in [1.165, 1.54) is 4.31 Å². The second-order valence-corrected chi connectivity index (χ2v) is 8.00. The van der Waals surface area contributed by atoms with Crippen LogP contribution in [0.2, 0.25) is 0 Å². The lowest BCUT2D eigenvalue weighted by molar-refractivity contribution is 0.477. The molecule has 0 aliphatic carbocycles. The quantitative estimate of drug-likeness (QED) is 0.602. The van der Waals surface area contributed by atoms with E-state index in [-0.39, 0.29) is 6.54 Å². The average Bonchev–Trinajstić information content (AvgIpc) is 2.58. The second kappa shape index (κ2) is 8.66.